The molecule has 19 heavy (non-hydrogen) atoms. The van der Waals surface area contributed by atoms with Crippen LogP contribution in [0.3, 0.4) is 0 Å². The molecule has 1 aromatic heterocycles. The number of fused-ring (bicyclic) bond motifs is 1. The average molecular weight is 270 g/mol. The second kappa shape index (κ2) is 4.63. The van der Waals surface area contributed by atoms with E-state index >= 15 is 0 Å². The highest BCUT2D eigenvalue weighted by molar-refractivity contribution is 7.80. The molecule has 3 aromatic rings. The second-order valence-corrected chi connectivity index (χ2v) is 5.13. The van der Waals surface area contributed by atoms with E-state index in [1.54, 1.807) is 0 Å². The van der Waals surface area contributed by atoms with E-state index in [0.29, 0.717) is 5.89 Å². The van der Waals surface area contributed by atoms with Crippen LogP contribution in [-0.4, -0.2) is 19.1 Å². The lowest BCUT2D eigenvalue weighted by Gasteiger charge is -2.11. The van der Waals surface area contributed by atoms with Crippen LogP contribution in [0.5, 0.6) is 0 Å². The molecule has 0 radical (unpaired) electrons. The first kappa shape index (κ1) is 12.1. The van der Waals surface area contributed by atoms with Crippen molar-refractivity contribution in [2.24, 2.45) is 0 Å². The summed E-state index contributed by atoms with van der Waals surface area (Å²) in [5.41, 5.74) is 3.74. The van der Waals surface area contributed by atoms with Crippen molar-refractivity contribution in [2.75, 3.05) is 19.0 Å². The molecule has 0 aliphatic heterocycles. The van der Waals surface area contributed by atoms with Crippen molar-refractivity contribution in [1.29, 1.82) is 0 Å². The monoisotopic (exact) mass is 270 g/mol. The van der Waals surface area contributed by atoms with Crippen LogP contribution < -0.4 is 4.90 Å². The van der Waals surface area contributed by atoms with Gasteiger partial charge in [-0.05, 0) is 42.5 Å². The maximum Gasteiger partial charge on any atom is 0.227 e. The number of oxazole rings is 1. The Morgan fingerprint density at radius 1 is 1.05 bits per heavy atom. The minimum absolute atomic E-state index is 0.638. The zero-order valence-corrected chi connectivity index (χ0v) is 11.7. The Hall–Kier alpha value is -1.94. The van der Waals surface area contributed by atoms with Gasteiger partial charge in [-0.25, -0.2) is 4.98 Å². The number of thiol groups is 1. The first-order chi connectivity index (χ1) is 9.13. The molecule has 0 atom stereocenters. The molecule has 0 saturated heterocycles. The quantitative estimate of drug-likeness (QED) is 0.717. The van der Waals surface area contributed by atoms with Crippen LogP contribution in [0.4, 0.5) is 5.69 Å². The standard InChI is InChI=1S/C15H14N2OS/c1-17(2)11-5-3-10(4-6-11)15-16-13-9-12(19)7-8-14(13)18-15/h3-9,19H,1-2H3. The van der Waals surface area contributed by atoms with Crippen molar-refractivity contribution in [1.82, 2.24) is 4.98 Å². The summed E-state index contributed by atoms with van der Waals surface area (Å²) in [6.45, 7) is 0. The highest BCUT2D eigenvalue weighted by Gasteiger charge is 2.08. The zero-order chi connectivity index (χ0) is 13.4. The molecule has 0 saturated carbocycles. The van der Waals surface area contributed by atoms with Crippen molar-refractivity contribution in [3.05, 3.63) is 42.5 Å². The minimum atomic E-state index is 0.638. The Labute approximate surface area is 117 Å². The van der Waals surface area contributed by atoms with Crippen molar-refractivity contribution >= 4 is 29.4 Å². The molecule has 0 aliphatic rings. The normalized spacial score (nSPS) is 10.9. The fraction of sp³-hybridized carbons (Fsp3) is 0.133. The Balaban J connectivity index is 2.03. The summed E-state index contributed by atoms with van der Waals surface area (Å²) < 4.78 is 5.75. The van der Waals surface area contributed by atoms with Gasteiger partial charge in [0.05, 0.1) is 0 Å². The molecule has 4 heteroatoms. The summed E-state index contributed by atoms with van der Waals surface area (Å²) in [6.07, 6.45) is 0. The molecule has 0 fully saturated rings. The molecular formula is C15H14N2OS. The number of aromatic nitrogens is 1. The van der Waals surface area contributed by atoms with E-state index in [1.165, 1.54) is 0 Å². The SMILES string of the molecule is CN(C)c1ccc(-c2nc3cc(S)ccc3o2)cc1. The first-order valence-electron chi connectivity index (χ1n) is 6.01. The van der Waals surface area contributed by atoms with Crippen LogP contribution in [0.1, 0.15) is 0 Å². The Morgan fingerprint density at radius 2 is 1.79 bits per heavy atom. The molecular weight excluding hydrogens is 256 g/mol. The van der Waals surface area contributed by atoms with Crippen LogP contribution in [0.2, 0.25) is 0 Å². The van der Waals surface area contributed by atoms with Crippen molar-refractivity contribution in [2.45, 2.75) is 4.90 Å². The Bertz CT molecular complexity index is 717. The topological polar surface area (TPSA) is 29.3 Å². The van der Waals surface area contributed by atoms with Gasteiger partial charge in [0.2, 0.25) is 5.89 Å². The number of hydrogen-bond acceptors (Lipinski definition) is 4. The zero-order valence-electron chi connectivity index (χ0n) is 10.8. The van der Waals surface area contributed by atoms with Gasteiger partial charge in [0.15, 0.2) is 5.58 Å². The van der Waals surface area contributed by atoms with Crippen molar-refractivity contribution in [3.8, 4) is 11.5 Å². The van der Waals surface area contributed by atoms with Gasteiger partial charge in [0.25, 0.3) is 0 Å². The maximum atomic E-state index is 5.75. The molecule has 0 amide bonds. The van der Waals surface area contributed by atoms with Gasteiger partial charge < -0.3 is 9.32 Å². The molecule has 3 rings (SSSR count). The number of rotatable bonds is 2. The molecule has 0 bridgehead atoms. The Morgan fingerprint density at radius 3 is 2.47 bits per heavy atom. The molecule has 3 nitrogen and oxygen atoms in total. The third-order valence-corrected chi connectivity index (χ3v) is 3.28. The van der Waals surface area contributed by atoms with Gasteiger partial charge in [-0.15, -0.1) is 12.6 Å². The molecule has 0 spiro atoms. The maximum absolute atomic E-state index is 5.75. The van der Waals surface area contributed by atoms with Gasteiger partial charge in [0, 0.05) is 30.2 Å². The van der Waals surface area contributed by atoms with Crippen LogP contribution >= 0.6 is 12.6 Å². The summed E-state index contributed by atoms with van der Waals surface area (Å²) in [4.78, 5) is 7.43. The number of hydrogen-bond donors (Lipinski definition) is 1. The highest BCUT2D eigenvalue weighted by atomic mass is 32.1. The molecule has 0 N–H and O–H groups in total. The number of nitrogens with zero attached hydrogens (tertiary/aromatic N) is 2. The highest BCUT2D eigenvalue weighted by Crippen LogP contribution is 2.26. The Kier molecular flexibility index (Phi) is 2.95. The molecule has 0 aliphatic carbocycles. The summed E-state index contributed by atoms with van der Waals surface area (Å²) in [5.74, 6) is 0.638. The van der Waals surface area contributed by atoms with E-state index < -0.39 is 0 Å². The van der Waals surface area contributed by atoms with E-state index in [-0.39, 0.29) is 0 Å². The van der Waals surface area contributed by atoms with Crippen LogP contribution in [-0.2, 0) is 0 Å². The number of anilines is 1. The molecule has 0 unspecified atom stereocenters. The summed E-state index contributed by atoms with van der Waals surface area (Å²) in [7, 11) is 4.03. The van der Waals surface area contributed by atoms with Crippen LogP contribution in [0.25, 0.3) is 22.6 Å². The van der Waals surface area contributed by atoms with Crippen LogP contribution in [0, 0.1) is 0 Å². The van der Waals surface area contributed by atoms with E-state index in [0.717, 1.165) is 27.2 Å². The van der Waals surface area contributed by atoms with E-state index in [2.05, 4.69) is 22.5 Å². The third kappa shape index (κ3) is 2.31. The average Bonchev–Trinajstić information content (AvgIpc) is 2.81. The van der Waals surface area contributed by atoms with Crippen LogP contribution in [0.15, 0.2) is 51.8 Å². The van der Waals surface area contributed by atoms with Gasteiger partial charge in [0.1, 0.15) is 5.52 Å². The lowest BCUT2D eigenvalue weighted by molar-refractivity contribution is 0.620. The fourth-order valence-electron chi connectivity index (χ4n) is 1.94. The fourth-order valence-corrected chi connectivity index (χ4v) is 2.14. The predicted octanol–water partition coefficient (Wildman–Crippen LogP) is 3.85. The van der Waals surface area contributed by atoms with Crippen molar-refractivity contribution in [3.63, 3.8) is 0 Å². The lowest BCUT2D eigenvalue weighted by Crippen LogP contribution is -2.07. The van der Waals surface area contributed by atoms with Gasteiger partial charge >= 0.3 is 0 Å². The van der Waals surface area contributed by atoms with Crippen molar-refractivity contribution < 1.29 is 4.42 Å². The van der Waals surface area contributed by atoms with Gasteiger partial charge in [-0.1, -0.05) is 0 Å². The second-order valence-electron chi connectivity index (χ2n) is 4.61. The van der Waals surface area contributed by atoms with E-state index in [1.807, 2.05) is 56.6 Å². The summed E-state index contributed by atoms with van der Waals surface area (Å²) in [5, 5.41) is 0. The predicted molar refractivity (Wildman–Crippen MR) is 81.0 cm³/mol. The summed E-state index contributed by atoms with van der Waals surface area (Å²) >= 11 is 4.31. The molecule has 2 aromatic carbocycles. The van der Waals surface area contributed by atoms with Gasteiger partial charge in [-0.3, -0.25) is 0 Å². The number of benzene rings is 2. The third-order valence-electron chi connectivity index (χ3n) is 3.00. The van der Waals surface area contributed by atoms with Gasteiger partial charge in [-0.2, -0.15) is 0 Å². The largest absolute Gasteiger partial charge is 0.436 e. The minimum Gasteiger partial charge on any atom is -0.436 e. The molecule has 1 heterocycles. The first-order valence-corrected chi connectivity index (χ1v) is 6.45. The molecule has 96 valence electrons. The smallest absolute Gasteiger partial charge is 0.227 e. The van der Waals surface area contributed by atoms with E-state index in [4.69, 9.17) is 4.42 Å². The summed E-state index contributed by atoms with van der Waals surface area (Å²) in [6, 6.07) is 13.8. The van der Waals surface area contributed by atoms with E-state index in [9.17, 15) is 0 Å². The lowest BCUT2D eigenvalue weighted by atomic mass is 10.2.